The number of benzene rings is 1. The number of halogens is 3. The average molecular weight is 543 g/mol. The fourth-order valence-corrected chi connectivity index (χ4v) is 3.43. The summed E-state index contributed by atoms with van der Waals surface area (Å²) in [5, 5.41) is 34.6. The van der Waals surface area contributed by atoms with Crippen LogP contribution < -0.4 is 21.5 Å². The fraction of sp³-hybridized carbons (Fsp3) is 0.417. The number of urea groups is 1. The molecule has 0 aliphatic rings. The van der Waals surface area contributed by atoms with Gasteiger partial charge in [-0.05, 0) is 23.6 Å². The van der Waals surface area contributed by atoms with Crippen LogP contribution in [-0.2, 0) is 16.1 Å². The van der Waals surface area contributed by atoms with Crippen molar-refractivity contribution >= 4 is 23.4 Å². The van der Waals surface area contributed by atoms with Crippen molar-refractivity contribution < 1.29 is 42.9 Å². The number of alkyl halides is 3. The Morgan fingerprint density at radius 2 is 1.53 bits per heavy atom. The van der Waals surface area contributed by atoms with Crippen LogP contribution in [0, 0.1) is 5.92 Å². The molecular formula is C24H29F3N4O7. The lowest BCUT2D eigenvalue weighted by molar-refractivity contribution is -0.174. The van der Waals surface area contributed by atoms with Crippen LogP contribution in [-0.4, -0.2) is 75.2 Å². The molecular weight excluding hydrogens is 513 g/mol. The number of anilines is 1. The van der Waals surface area contributed by atoms with Gasteiger partial charge in [0, 0.05) is 0 Å². The fourth-order valence-electron chi connectivity index (χ4n) is 3.43. The van der Waals surface area contributed by atoms with Crippen molar-refractivity contribution in [2.45, 2.75) is 38.1 Å². The highest BCUT2D eigenvalue weighted by Crippen LogP contribution is 2.22. The van der Waals surface area contributed by atoms with Crippen LogP contribution in [0.5, 0.6) is 0 Å². The van der Waals surface area contributed by atoms with Crippen molar-refractivity contribution in [3.63, 3.8) is 0 Å². The van der Waals surface area contributed by atoms with Crippen molar-refractivity contribution in [3.8, 4) is 11.3 Å². The van der Waals surface area contributed by atoms with Gasteiger partial charge in [-0.2, -0.15) is 13.2 Å². The van der Waals surface area contributed by atoms with Crippen molar-refractivity contribution in [3.05, 3.63) is 52.8 Å². The van der Waals surface area contributed by atoms with Crippen LogP contribution >= 0.6 is 0 Å². The Kier molecular flexibility index (Phi) is 10.2. The topological polar surface area (TPSA) is 170 Å². The molecule has 3 amide bonds. The smallest absolute Gasteiger partial charge is 0.394 e. The summed E-state index contributed by atoms with van der Waals surface area (Å²) in [5.74, 6) is -4.09. The summed E-state index contributed by atoms with van der Waals surface area (Å²) in [6.07, 6.45) is -5.18. The predicted molar refractivity (Wildman–Crippen MR) is 130 cm³/mol. The number of carbonyl (C=O) groups is 3. The van der Waals surface area contributed by atoms with Crippen LogP contribution in [0.15, 0.2) is 47.3 Å². The zero-order chi connectivity index (χ0) is 28.7. The maximum atomic E-state index is 13.3. The Morgan fingerprint density at radius 3 is 2.03 bits per heavy atom. The van der Waals surface area contributed by atoms with Gasteiger partial charge in [0.2, 0.25) is 5.91 Å². The van der Waals surface area contributed by atoms with Gasteiger partial charge in [-0.1, -0.05) is 44.2 Å². The number of rotatable bonds is 11. The molecule has 0 spiro atoms. The Balaban J connectivity index is 2.44. The summed E-state index contributed by atoms with van der Waals surface area (Å²) in [5.41, 5.74) is -2.40. The van der Waals surface area contributed by atoms with E-state index in [1.807, 2.05) is 5.32 Å². The van der Waals surface area contributed by atoms with Crippen molar-refractivity contribution in [2.24, 2.45) is 5.92 Å². The quantitative estimate of drug-likeness (QED) is 0.242. The van der Waals surface area contributed by atoms with E-state index in [9.17, 15) is 47.7 Å². The molecule has 6 N–H and O–H groups in total. The minimum Gasteiger partial charge on any atom is -0.394 e. The normalized spacial score (nSPS) is 12.7. The summed E-state index contributed by atoms with van der Waals surface area (Å²) >= 11 is 0. The molecule has 11 nitrogen and oxygen atoms in total. The number of aliphatic hydroxyl groups is 3. The molecule has 2 rings (SSSR count). The van der Waals surface area contributed by atoms with Gasteiger partial charge in [-0.3, -0.25) is 19.0 Å². The van der Waals surface area contributed by atoms with Gasteiger partial charge >= 0.3 is 12.2 Å². The lowest BCUT2D eigenvalue weighted by atomic mass is 9.99. The molecule has 1 heterocycles. The molecule has 14 heteroatoms. The predicted octanol–water partition coefficient (Wildman–Crippen LogP) is 0.625. The van der Waals surface area contributed by atoms with Gasteiger partial charge < -0.3 is 31.3 Å². The molecule has 1 aromatic heterocycles. The van der Waals surface area contributed by atoms with E-state index in [4.69, 9.17) is 0 Å². The van der Waals surface area contributed by atoms with Crippen molar-refractivity contribution in [2.75, 3.05) is 25.1 Å². The van der Waals surface area contributed by atoms with Crippen LogP contribution in [0.2, 0.25) is 0 Å². The van der Waals surface area contributed by atoms with Crippen molar-refractivity contribution in [1.82, 2.24) is 15.2 Å². The number of nitrogens with one attached hydrogen (secondary N) is 3. The van der Waals surface area contributed by atoms with E-state index in [0.29, 0.717) is 5.56 Å². The number of aromatic nitrogens is 1. The molecule has 0 bridgehead atoms. The summed E-state index contributed by atoms with van der Waals surface area (Å²) in [6, 6.07) is 7.89. The second kappa shape index (κ2) is 12.7. The van der Waals surface area contributed by atoms with Gasteiger partial charge in [0.15, 0.2) is 0 Å². The van der Waals surface area contributed by atoms with Crippen molar-refractivity contribution in [1.29, 1.82) is 0 Å². The maximum absolute atomic E-state index is 13.3. The number of amides is 3. The van der Waals surface area contributed by atoms with Crippen LogP contribution in [0.1, 0.15) is 13.8 Å². The first-order valence-electron chi connectivity index (χ1n) is 11.4. The Labute approximate surface area is 215 Å². The molecule has 1 atom stereocenters. The number of Topliss-reactive ketones (excluding diaryl/α,β-unsaturated/α-hetero) is 1. The van der Waals surface area contributed by atoms with E-state index in [1.54, 1.807) is 30.3 Å². The molecule has 0 saturated carbocycles. The number of hydrogen-bond donors (Lipinski definition) is 6. The molecule has 38 heavy (non-hydrogen) atoms. The van der Waals surface area contributed by atoms with Gasteiger partial charge in [0.05, 0.1) is 31.6 Å². The molecule has 2 aromatic rings. The van der Waals surface area contributed by atoms with Gasteiger partial charge in [0.25, 0.3) is 11.3 Å². The third-order valence-electron chi connectivity index (χ3n) is 5.63. The number of nitrogens with zero attached hydrogens (tertiary/aromatic N) is 1. The molecule has 1 aromatic carbocycles. The van der Waals surface area contributed by atoms with Gasteiger partial charge in [-0.15, -0.1) is 0 Å². The Bertz CT molecular complexity index is 1190. The Morgan fingerprint density at radius 1 is 0.947 bits per heavy atom. The monoisotopic (exact) mass is 542 g/mol. The van der Waals surface area contributed by atoms with E-state index in [1.165, 1.54) is 26.0 Å². The minimum atomic E-state index is -5.18. The largest absolute Gasteiger partial charge is 0.452 e. The molecule has 208 valence electrons. The average Bonchev–Trinajstić information content (AvgIpc) is 2.87. The highest BCUT2D eigenvalue weighted by atomic mass is 19.4. The molecule has 0 aliphatic heterocycles. The third kappa shape index (κ3) is 7.40. The number of hydrogen-bond acceptors (Lipinski definition) is 7. The molecule has 0 radical (unpaired) electrons. The molecule has 0 fully saturated rings. The SMILES string of the molecule is CC(C)C(NC(=O)Cn1c(-c2ccccc2)ccc(NC(=O)NC(CO)(CO)CO)c1=O)C(=O)C(F)(F)F. The molecule has 0 saturated heterocycles. The maximum Gasteiger partial charge on any atom is 0.452 e. The van der Waals surface area contributed by atoms with E-state index >= 15 is 0 Å². The Hall–Kier alpha value is -3.75. The first kappa shape index (κ1) is 30.5. The minimum absolute atomic E-state index is 0.190. The number of ketones is 1. The third-order valence-corrected chi connectivity index (χ3v) is 5.63. The zero-order valence-corrected chi connectivity index (χ0v) is 20.6. The molecule has 1 unspecified atom stereocenters. The lowest BCUT2D eigenvalue weighted by Gasteiger charge is -2.28. The standard InChI is InChI=1S/C24H29F3N4O7/c1-14(2)19(20(36)24(25,26)27)29-18(35)10-31-17(15-6-4-3-5-7-15)9-8-16(21(31)37)28-22(38)30-23(11-32,12-33)13-34/h3-9,14,19,32-34H,10-13H2,1-2H3,(H,29,35)(H2,28,30,38). The number of pyridine rings is 1. The summed E-state index contributed by atoms with van der Waals surface area (Å²) in [4.78, 5) is 50.2. The highest BCUT2D eigenvalue weighted by Gasteiger charge is 2.45. The van der Waals surface area contributed by atoms with Crippen LogP contribution in [0.3, 0.4) is 0 Å². The van der Waals surface area contributed by atoms with E-state index in [2.05, 4.69) is 10.6 Å². The second-order valence-electron chi connectivity index (χ2n) is 8.87. The van der Waals surface area contributed by atoms with Crippen LogP contribution in [0.4, 0.5) is 23.7 Å². The summed E-state index contributed by atoms with van der Waals surface area (Å²) in [6.45, 7) is -0.604. The molecule has 0 aliphatic carbocycles. The number of aliphatic hydroxyl groups excluding tert-OH is 3. The first-order chi connectivity index (χ1) is 17.8. The van der Waals surface area contributed by atoms with Gasteiger partial charge in [0.1, 0.15) is 17.8 Å². The number of carbonyl (C=O) groups excluding carboxylic acids is 3. The second-order valence-corrected chi connectivity index (χ2v) is 8.87. The van der Waals surface area contributed by atoms with E-state index < -0.39 is 73.3 Å². The van der Waals surface area contributed by atoms with E-state index in [0.717, 1.165) is 4.57 Å². The zero-order valence-electron chi connectivity index (χ0n) is 20.6. The van der Waals surface area contributed by atoms with Crippen LogP contribution in [0.25, 0.3) is 11.3 Å². The van der Waals surface area contributed by atoms with E-state index in [-0.39, 0.29) is 11.4 Å². The highest BCUT2D eigenvalue weighted by molar-refractivity contribution is 5.93. The first-order valence-corrected chi connectivity index (χ1v) is 11.4. The van der Waals surface area contributed by atoms with Gasteiger partial charge in [-0.25, -0.2) is 4.79 Å². The lowest BCUT2D eigenvalue weighted by Crippen LogP contribution is -2.58. The summed E-state index contributed by atoms with van der Waals surface area (Å²) < 4.78 is 39.9. The summed E-state index contributed by atoms with van der Waals surface area (Å²) in [7, 11) is 0.